The summed E-state index contributed by atoms with van der Waals surface area (Å²) in [5, 5.41) is 19.4. The minimum absolute atomic E-state index is 0.00147. The average Bonchev–Trinajstić information content (AvgIpc) is 2.95. The van der Waals surface area contributed by atoms with Gasteiger partial charge in [0, 0.05) is 16.5 Å². The number of ether oxygens (including phenoxy) is 2. The number of aromatic nitrogens is 1. The van der Waals surface area contributed by atoms with Crippen LogP contribution in [0.3, 0.4) is 0 Å². The summed E-state index contributed by atoms with van der Waals surface area (Å²) in [7, 11) is 2.85. The molecule has 0 bridgehead atoms. The molecule has 8 heteroatoms. The number of hydrogen-bond donors (Lipinski definition) is 2. The number of carboxylic acids is 2. The van der Waals surface area contributed by atoms with Crippen molar-refractivity contribution in [1.29, 1.82) is 0 Å². The number of fused-ring (bicyclic) bond motifs is 4. The summed E-state index contributed by atoms with van der Waals surface area (Å²) in [6.45, 7) is 0. The molecule has 0 atom stereocenters. The Kier molecular flexibility index (Phi) is 3.78. The lowest BCUT2D eigenvalue weighted by Gasteiger charge is -2.11. The Labute approximate surface area is 158 Å². The molecular formula is C20H13NO7. The van der Waals surface area contributed by atoms with E-state index in [2.05, 4.69) is 4.98 Å². The maximum absolute atomic E-state index is 13.0. The van der Waals surface area contributed by atoms with E-state index in [0.717, 1.165) is 0 Å². The van der Waals surface area contributed by atoms with Gasteiger partial charge in [0.1, 0.15) is 0 Å². The molecule has 0 aliphatic heterocycles. The second kappa shape index (κ2) is 6.05. The highest BCUT2D eigenvalue weighted by Gasteiger charge is 2.36. The highest BCUT2D eigenvalue weighted by atomic mass is 16.5. The number of nitrogens with zero attached hydrogens (tertiary/aromatic N) is 1. The first-order chi connectivity index (χ1) is 13.4. The number of carboxylic acid groups (broad SMARTS) is 2. The Morgan fingerprint density at radius 1 is 0.964 bits per heavy atom. The van der Waals surface area contributed by atoms with Crippen molar-refractivity contribution in [2.45, 2.75) is 0 Å². The lowest BCUT2D eigenvalue weighted by molar-refractivity contribution is 0.0685. The second-order valence-electron chi connectivity index (χ2n) is 6.10. The maximum Gasteiger partial charge on any atom is 0.337 e. The Morgan fingerprint density at radius 2 is 1.61 bits per heavy atom. The Balaban J connectivity index is 2.17. The van der Waals surface area contributed by atoms with Gasteiger partial charge in [0.05, 0.1) is 42.1 Å². The molecule has 1 heterocycles. The minimum atomic E-state index is -1.34. The number of para-hydroxylation sites is 1. The molecule has 0 radical (unpaired) electrons. The summed E-state index contributed by atoms with van der Waals surface area (Å²) in [6, 6.07) is 7.20. The molecule has 0 saturated carbocycles. The standard InChI is InChI=1S/C20H13NO7/c1-27-12-6-10-11(7-13(12)28-2)18(22)15-14(20(25)26)8-4-3-5-9(19(23)24)16(8)21-17(10)15/h3-7H,1-2H3,(H,23,24)(H,25,26). The Morgan fingerprint density at radius 3 is 2.18 bits per heavy atom. The van der Waals surface area contributed by atoms with E-state index in [-0.39, 0.29) is 38.9 Å². The van der Waals surface area contributed by atoms with Crippen LogP contribution in [-0.2, 0) is 0 Å². The van der Waals surface area contributed by atoms with Crippen LogP contribution in [-0.4, -0.2) is 47.1 Å². The van der Waals surface area contributed by atoms with Crippen molar-refractivity contribution in [2.24, 2.45) is 0 Å². The first-order valence-corrected chi connectivity index (χ1v) is 8.13. The molecule has 2 aromatic carbocycles. The van der Waals surface area contributed by atoms with Crippen molar-refractivity contribution in [3.8, 4) is 22.8 Å². The van der Waals surface area contributed by atoms with Crippen LogP contribution < -0.4 is 9.47 Å². The van der Waals surface area contributed by atoms with Crippen molar-refractivity contribution >= 4 is 28.6 Å². The fourth-order valence-electron chi connectivity index (χ4n) is 3.49. The summed E-state index contributed by atoms with van der Waals surface area (Å²) in [6.07, 6.45) is 0. The first kappa shape index (κ1) is 17.5. The highest BCUT2D eigenvalue weighted by molar-refractivity contribution is 6.28. The predicted octanol–water partition coefficient (Wildman–Crippen LogP) is 2.86. The summed E-state index contributed by atoms with van der Waals surface area (Å²) >= 11 is 0. The average molecular weight is 379 g/mol. The number of hydrogen-bond acceptors (Lipinski definition) is 6. The number of carbonyl (C=O) groups excluding carboxylic acids is 1. The first-order valence-electron chi connectivity index (χ1n) is 8.13. The van der Waals surface area contributed by atoms with E-state index in [9.17, 15) is 24.6 Å². The number of pyridine rings is 1. The Hall–Kier alpha value is -3.94. The van der Waals surface area contributed by atoms with Gasteiger partial charge in [-0.2, -0.15) is 0 Å². The van der Waals surface area contributed by atoms with Crippen LogP contribution in [0.1, 0.15) is 36.6 Å². The van der Waals surface area contributed by atoms with Crippen LogP contribution in [0.2, 0.25) is 0 Å². The van der Waals surface area contributed by atoms with Crippen molar-refractivity contribution in [1.82, 2.24) is 4.98 Å². The summed E-state index contributed by atoms with van der Waals surface area (Å²) < 4.78 is 10.5. The van der Waals surface area contributed by atoms with E-state index in [0.29, 0.717) is 17.1 Å². The number of ketones is 1. The van der Waals surface area contributed by atoms with E-state index in [1.807, 2.05) is 0 Å². The van der Waals surface area contributed by atoms with Crippen LogP contribution in [0.4, 0.5) is 0 Å². The zero-order valence-electron chi connectivity index (χ0n) is 14.8. The minimum Gasteiger partial charge on any atom is -0.493 e. The number of carbonyl (C=O) groups is 3. The quantitative estimate of drug-likeness (QED) is 0.555. The SMILES string of the molecule is COc1cc2c(cc1OC)-c1nc3c(C(=O)O)cccc3c(C(=O)O)c1C2=O. The molecule has 3 aromatic rings. The molecule has 1 aromatic heterocycles. The van der Waals surface area contributed by atoms with E-state index < -0.39 is 17.7 Å². The fraction of sp³-hybridized carbons (Fsp3) is 0.100. The van der Waals surface area contributed by atoms with Gasteiger partial charge in [0.2, 0.25) is 0 Å². The lowest BCUT2D eigenvalue weighted by atomic mass is 9.98. The number of rotatable bonds is 4. The predicted molar refractivity (Wildman–Crippen MR) is 97.6 cm³/mol. The molecular weight excluding hydrogens is 366 g/mol. The van der Waals surface area contributed by atoms with Gasteiger partial charge in [-0.3, -0.25) is 4.79 Å². The zero-order chi connectivity index (χ0) is 20.2. The molecule has 140 valence electrons. The van der Waals surface area contributed by atoms with Gasteiger partial charge in [-0.1, -0.05) is 12.1 Å². The number of benzene rings is 2. The van der Waals surface area contributed by atoms with Gasteiger partial charge in [0.15, 0.2) is 17.3 Å². The molecule has 0 spiro atoms. The molecule has 4 rings (SSSR count). The van der Waals surface area contributed by atoms with Gasteiger partial charge in [0.25, 0.3) is 0 Å². The van der Waals surface area contributed by atoms with Crippen LogP contribution >= 0.6 is 0 Å². The van der Waals surface area contributed by atoms with Crippen LogP contribution in [0.25, 0.3) is 22.2 Å². The third kappa shape index (κ3) is 2.24. The Bertz CT molecular complexity index is 1210. The van der Waals surface area contributed by atoms with Crippen molar-refractivity contribution in [3.05, 3.63) is 52.6 Å². The second-order valence-corrected chi connectivity index (χ2v) is 6.10. The highest BCUT2D eigenvalue weighted by Crippen LogP contribution is 2.44. The topological polar surface area (TPSA) is 123 Å². The van der Waals surface area contributed by atoms with Crippen LogP contribution in [0.5, 0.6) is 11.5 Å². The number of methoxy groups -OCH3 is 2. The van der Waals surface area contributed by atoms with E-state index in [1.165, 1.54) is 44.6 Å². The van der Waals surface area contributed by atoms with Gasteiger partial charge in [-0.15, -0.1) is 0 Å². The van der Waals surface area contributed by atoms with Gasteiger partial charge in [-0.05, 0) is 18.2 Å². The van der Waals surface area contributed by atoms with E-state index >= 15 is 0 Å². The van der Waals surface area contributed by atoms with E-state index in [1.54, 1.807) is 0 Å². The summed E-state index contributed by atoms with van der Waals surface area (Å²) in [4.78, 5) is 41.0. The van der Waals surface area contributed by atoms with E-state index in [4.69, 9.17) is 9.47 Å². The molecule has 1 aliphatic carbocycles. The summed E-state index contributed by atoms with van der Waals surface area (Å²) in [5.41, 5.74) is 0.192. The molecule has 28 heavy (non-hydrogen) atoms. The molecule has 1 aliphatic rings. The number of aromatic carboxylic acids is 2. The third-order valence-corrected chi connectivity index (χ3v) is 4.71. The molecule has 8 nitrogen and oxygen atoms in total. The van der Waals surface area contributed by atoms with Gasteiger partial charge < -0.3 is 19.7 Å². The zero-order valence-corrected chi connectivity index (χ0v) is 14.8. The molecule has 0 unspecified atom stereocenters. The van der Waals surface area contributed by atoms with Gasteiger partial charge in [-0.25, -0.2) is 14.6 Å². The van der Waals surface area contributed by atoms with Crippen molar-refractivity contribution < 1.29 is 34.1 Å². The molecule has 2 N–H and O–H groups in total. The monoisotopic (exact) mass is 379 g/mol. The van der Waals surface area contributed by atoms with Crippen molar-refractivity contribution in [2.75, 3.05) is 14.2 Å². The van der Waals surface area contributed by atoms with Crippen LogP contribution in [0, 0.1) is 0 Å². The molecule has 0 fully saturated rings. The fourth-order valence-corrected chi connectivity index (χ4v) is 3.49. The normalized spacial score (nSPS) is 11.9. The molecule has 0 saturated heterocycles. The van der Waals surface area contributed by atoms with Crippen molar-refractivity contribution in [3.63, 3.8) is 0 Å². The summed E-state index contributed by atoms with van der Waals surface area (Å²) in [5.74, 6) is -2.45. The maximum atomic E-state index is 13.0. The largest absolute Gasteiger partial charge is 0.493 e. The van der Waals surface area contributed by atoms with Gasteiger partial charge >= 0.3 is 11.9 Å². The third-order valence-electron chi connectivity index (χ3n) is 4.71. The molecule has 0 amide bonds. The lowest BCUT2D eigenvalue weighted by Crippen LogP contribution is -2.10. The smallest absolute Gasteiger partial charge is 0.337 e. The van der Waals surface area contributed by atoms with Crippen LogP contribution in [0.15, 0.2) is 30.3 Å².